The van der Waals surface area contributed by atoms with Crippen LogP contribution in [0.2, 0.25) is 0 Å². The molecule has 1 heterocycles. The summed E-state index contributed by atoms with van der Waals surface area (Å²) in [5.74, 6) is 2.49. The number of carbonyl (C=O) groups excluding carboxylic acids is 1. The van der Waals surface area contributed by atoms with Gasteiger partial charge in [-0.3, -0.25) is 4.79 Å². The van der Waals surface area contributed by atoms with Crippen molar-refractivity contribution in [3.8, 4) is 0 Å². The van der Waals surface area contributed by atoms with Gasteiger partial charge in [0.2, 0.25) is 5.91 Å². The van der Waals surface area contributed by atoms with E-state index in [0.29, 0.717) is 17.7 Å². The van der Waals surface area contributed by atoms with E-state index in [0.717, 1.165) is 18.8 Å². The lowest BCUT2D eigenvalue weighted by Crippen LogP contribution is -2.45. The van der Waals surface area contributed by atoms with Crippen molar-refractivity contribution >= 4 is 17.7 Å². The van der Waals surface area contributed by atoms with Crippen molar-refractivity contribution in [2.75, 3.05) is 13.1 Å². The largest absolute Gasteiger partial charge is 0.341 e. The number of thioether (sulfide) groups is 1. The lowest BCUT2D eigenvalue weighted by atomic mass is 9.92. The molecule has 20 heavy (non-hydrogen) atoms. The number of amides is 1. The summed E-state index contributed by atoms with van der Waals surface area (Å²) >= 11 is 1.74. The van der Waals surface area contributed by atoms with Crippen LogP contribution in [0.1, 0.15) is 32.8 Å². The predicted octanol–water partition coefficient (Wildman–Crippen LogP) is 3.81. The first-order valence-corrected chi connectivity index (χ1v) is 8.55. The number of benzene rings is 1. The molecule has 0 N–H and O–H groups in total. The Kier molecular flexibility index (Phi) is 5.53. The molecule has 1 aliphatic heterocycles. The minimum Gasteiger partial charge on any atom is -0.341 e. The molecule has 0 aliphatic carbocycles. The highest BCUT2D eigenvalue weighted by Gasteiger charge is 2.28. The van der Waals surface area contributed by atoms with Gasteiger partial charge in [0, 0.05) is 18.8 Å². The van der Waals surface area contributed by atoms with Crippen molar-refractivity contribution in [3.05, 3.63) is 35.9 Å². The van der Waals surface area contributed by atoms with Crippen LogP contribution in [0.15, 0.2) is 30.3 Å². The molecule has 1 aliphatic rings. The number of hydrogen-bond donors (Lipinski definition) is 0. The van der Waals surface area contributed by atoms with E-state index in [9.17, 15) is 4.79 Å². The molecular formula is C17H25NOS. The minimum absolute atomic E-state index is 0.0488. The van der Waals surface area contributed by atoms with Crippen molar-refractivity contribution in [2.24, 2.45) is 11.8 Å². The Hall–Kier alpha value is -0.960. The lowest BCUT2D eigenvalue weighted by molar-refractivity contribution is -0.132. The Labute approximate surface area is 126 Å². The van der Waals surface area contributed by atoms with Gasteiger partial charge in [-0.15, -0.1) is 11.8 Å². The molecule has 0 aromatic heterocycles. The molecule has 1 fully saturated rings. The molecule has 2 nitrogen and oxygen atoms in total. The van der Waals surface area contributed by atoms with Gasteiger partial charge in [0.25, 0.3) is 0 Å². The van der Waals surface area contributed by atoms with E-state index in [-0.39, 0.29) is 5.25 Å². The summed E-state index contributed by atoms with van der Waals surface area (Å²) in [6.07, 6.45) is 1.25. The molecule has 1 saturated heterocycles. The van der Waals surface area contributed by atoms with Gasteiger partial charge in [-0.05, 0) is 30.7 Å². The van der Waals surface area contributed by atoms with E-state index in [4.69, 9.17) is 0 Å². The molecule has 110 valence electrons. The molecule has 0 spiro atoms. The van der Waals surface area contributed by atoms with Gasteiger partial charge in [0.15, 0.2) is 0 Å². The van der Waals surface area contributed by atoms with Gasteiger partial charge in [0.1, 0.15) is 0 Å². The quantitative estimate of drug-likeness (QED) is 0.840. The summed E-state index contributed by atoms with van der Waals surface area (Å²) in [6, 6.07) is 10.4. The van der Waals surface area contributed by atoms with Crippen LogP contribution < -0.4 is 0 Å². The zero-order chi connectivity index (χ0) is 14.5. The van der Waals surface area contributed by atoms with E-state index in [2.05, 4.69) is 43.0 Å². The van der Waals surface area contributed by atoms with Gasteiger partial charge in [-0.1, -0.05) is 44.2 Å². The fraction of sp³-hybridized carbons (Fsp3) is 0.588. The maximum atomic E-state index is 12.5. The zero-order valence-electron chi connectivity index (χ0n) is 12.7. The van der Waals surface area contributed by atoms with E-state index < -0.39 is 0 Å². The first-order chi connectivity index (χ1) is 9.56. The van der Waals surface area contributed by atoms with Crippen LogP contribution in [-0.4, -0.2) is 29.1 Å². The predicted molar refractivity (Wildman–Crippen MR) is 86.7 cm³/mol. The molecule has 3 unspecified atom stereocenters. The highest BCUT2D eigenvalue weighted by atomic mass is 32.2. The second-order valence-corrected chi connectivity index (χ2v) is 7.46. The molecule has 0 bridgehead atoms. The molecule has 2 rings (SSSR count). The molecule has 1 aromatic carbocycles. The van der Waals surface area contributed by atoms with Gasteiger partial charge in [0.05, 0.1) is 5.25 Å². The van der Waals surface area contributed by atoms with E-state index in [1.165, 1.54) is 12.0 Å². The third-order valence-corrected chi connectivity index (χ3v) is 5.07. The van der Waals surface area contributed by atoms with Crippen molar-refractivity contribution < 1.29 is 4.79 Å². The van der Waals surface area contributed by atoms with E-state index in [1.807, 2.05) is 13.0 Å². The van der Waals surface area contributed by atoms with E-state index >= 15 is 0 Å². The van der Waals surface area contributed by atoms with Crippen LogP contribution >= 0.6 is 11.8 Å². The van der Waals surface area contributed by atoms with E-state index in [1.54, 1.807) is 11.8 Å². The molecule has 0 saturated carbocycles. The van der Waals surface area contributed by atoms with Crippen LogP contribution in [0.4, 0.5) is 0 Å². The summed E-state index contributed by atoms with van der Waals surface area (Å²) in [7, 11) is 0. The molecule has 3 atom stereocenters. The Balaban J connectivity index is 1.85. The van der Waals surface area contributed by atoms with Gasteiger partial charge in [-0.25, -0.2) is 0 Å². The summed E-state index contributed by atoms with van der Waals surface area (Å²) in [6.45, 7) is 8.40. The second kappa shape index (κ2) is 7.16. The number of rotatable bonds is 4. The lowest BCUT2D eigenvalue weighted by Gasteiger charge is -2.36. The summed E-state index contributed by atoms with van der Waals surface area (Å²) in [4.78, 5) is 14.6. The van der Waals surface area contributed by atoms with Gasteiger partial charge < -0.3 is 4.90 Å². The smallest absolute Gasteiger partial charge is 0.235 e. The van der Waals surface area contributed by atoms with Crippen molar-refractivity contribution in [1.82, 2.24) is 4.90 Å². The van der Waals surface area contributed by atoms with Crippen molar-refractivity contribution in [1.29, 1.82) is 0 Å². The molecular weight excluding hydrogens is 266 g/mol. The number of likely N-dealkylation sites (tertiary alicyclic amines) is 1. The van der Waals surface area contributed by atoms with Crippen LogP contribution in [0, 0.1) is 11.8 Å². The monoisotopic (exact) mass is 291 g/mol. The Morgan fingerprint density at radius 2 is 1.85 bits per heavy atom. The fourth-order valence-corrected chi connectivity index (χ4v) is 3.89. The van der Waals surface area contributed by atoms with Crippen LogP contribution in [0.3, 0.4) is 0 Å². The maximum absolute atomic E-state index is 12.5. The van der Waals surface area contributed by atoms with Crippen LogP contribution in [0.5, 0.6) is 0 Å². The van der Waals surface area contributed by atoms with Gasteiger partial charge >= 0.3 is 0 Å². The van der Waals surface area contributed by atoms with Crippen molar-refractivity contribution in [3.63, 3.8) is 0 Å². The topological polar surface area (TPSA) is 20.3 Å². The zero-order valence-corrected chi connectivity index (χ0v) is 13.5. The normalized spacial score (nSPS) is 24.4. The Morgan fingerprint density at radius 1 is 1.25 bits per heavy atom. The molecule has 1 amide bonds. The third kappa shape index (κ3) is 4.27. The second-order valence-electron chi connectivity index (χ2n) is 6.13. The number of nitrogens with zero attached hydrogens (tertiary/aromatic N) is 1. The van der Waals surface area contributed by atoms with Crippen LogP contribution in [0.25, 0.3) is 0 Å². The fourth-order valence-electron chi connectivity index (χ4n) is 2.97. The first kappa shape index (κ1) is 15.4. The van der Waals surface area contributed by atoms with Crippen molar-refractivity contribution in [2.45, 2.75) is 38.2 Å². The highest BCUT2D eigenvalue weighted by molar-refractivity contribution is 7.99. The van der Waals surface area contributed by atoms with Gasteiger partial charge in [-0.2, -0.15) is 0 Å². The maximum Gasteiger partial charge on any atom is 0.235 e. The number of carbonyl (C=O) groups is 1. The number of hydrogen-bond acceptors (Lipinski definition) is 2. The summed E-state index contributed by atoms with van der Waals surface area (Å²) in [5, 5.41) is 0.0488. The average molecular weight is 291 g/mol. The third-order valence-electron chi connectivity index (χ3n) is 3.87. The van der Waals surface area contributed by atoms with Crippen LogP contribution in [-0.2, 0) is 10.5 Å². The molecule has 1 aromatic rings. The average Bonchev–Trinajstić information content (AvgIpc) is 2.44. The Bertz CT molecular complexity index is 424. The summed E-state index contributed by atoms with van der Waals surface area (Å²) in [5.41, 5.74) is 1.29. The first-order valence-electron chi connectivity index (χ1n) is 7.50. The highest BCUT2D eigenvalue weighted by Crippen LogP contribution is 2.25. The summed E-state index contributed by atoms with van der Waals surface area (Å²) < 4.78 is 0. The standard InChI is InChI=1S/C17H25NOS/c1-13-9-14(2)11-18(10-13)17(19)15(3)20-12-16-7-5-4-6-8-16/h4-8,13-15H,9-12H2,1-3H3. The minimum atomic E-state index is 0.0488. The Morgan fingerprint density at radius 3 is 2.45 bits per heavy atom. The number of piperidine rings is 1. The molecule has 0 radical (unpaired) electrons. The molecule has 3 heteroatoms. The SMILES string of the molecule is CC1CC(C)CN(C(=O)C(C)SCc2ccccc2)C1.